The fraction of sp³-hybridized carbons (Fsp3) is 0.179. The molecule has 260 valence electrons. The predicted molar refractivity (Wildman–Crippen MR) is 198 cm³/mol. The van der Waals surface area contributed by atoms with Crippen LogP contribution >= 0.6 is 54.5 Å². The minimum Gasteiger partial charge on any atom is -0.201 e. The molecule has 0 radical (unpaired) electrons. The molecule has 4 heterocycles. The Labute approximate surface area is 315 Å². The van der Waals surface area contributed by atoms with Crippen molar-refractivity contribution < 1.29 is 35.5 Å². The van der Waals surface area contributed by atoms with Crippen LogP contribution in [0.4, 0.5) is 26.3 Å². The zero-order chi connectivity index (χ0) is 36.3. The van der Waals surface area contributed by atoms with E-state index in [1.807, 2.05) is 82.5 Å². The maximum atomic E-state index is 15.8. The van der Waals surface area contributed by atoms with Crippen LogP contribution in [0.1, 0.15) is 32.0 Å². The van der Waals surface area contributed by atoms with Crippen molar-refractivity contribution in [1.29, 1.82) is 0 Å². The Morgan fingerprint density at radius 1 is 0.529 bits per heavy atom. The molecule has 0 N–H and O–H groups in total. The number of aromatic nitrogens is 2. The maximum absolute atomic E-state index is 15.8. The molecule has 0 atom stereocenters. The first-order valence-electron chi connectivity index (χ1n) is 15.7. The van der Waals surface area contributed by atoms with Gasteiger partial charge >= 0.3 is 17.8 Å². The van der Waals surface area contributed by atoms with Crippen molar-refractivity contribution in [2.45, 2.75) is 44.7 Å². The van der Waals surface area contributed by atoms with Gasteiger partial charge in [-0.3, -0.25) is 0 Å². The third kappa shape index (κ3) is 6.53. The molecule has 51 heavy (non-hydrogen) atoms. The molecule has 0 unspecified atom stereocenters. The van der Waals surface area contributed by atoms with Gasteiger partial charge in [-0.1, -0.05) is 56.1 Å². The van der Waals surface area contributed by atoms with Gasteiger partial charge < -0.3 is 0 Å². The lowest BCUT2D eigenvalue weighted by Gasteiger charge is -2.25. The summed E-state index contributed by atoms with van der Waals surface area (Å²) < 4.78 is 99.5. The molecule has 1 aliphatic carbocycles. The monoisotopic (exact) mass is 860 g/mol. The highest BCUT2D eigenvalue weighted by molar-refractivity contribution is 9.10. The van der Waals surface area contributed by atoms with Gasteiger partial charge in [-0.15, -0.1) is 22.7 Å². The summed E-state index contributed by atoms with van der Waals surface area (Å²) in [5.41, 5.74) is 0.165. The van der Waals surface area contributed by atoms with Crippen molar-refractivity contribution in [3.8, 4) is 20.9 Å². The normalized spacial score (nSPS) is 16.2. The molecule has 12 heteroatoms. The maximum Gasteiger partial charge on any atom is 0.380 e. The zero-order valence-electron chi connectivity index (χ0n) is 27.0. The van der Waals surface area contributed by atoms with E-state index in [1.54, 1.807) is 24.3 Å². The van der Waals surface area contributed by atoms with Crippen molar-refractivity contribution in [2.24, 2.45) is 0 Å². The number of hydrogen-bond donors (Lipinski definition) is 0. The Morgan fingerprint density at radius 3 is 1.20 bits per heavy atom. The Hall–Kier alpha value is -3.58. The zero-order valence-corrected chi connectivity index (χ0v) is 31.8. The van der Waals surface area contributed by atoms with E-state index in [1.165, 1.54) is 26.0 Å². The molecule has 0 saturated heterocycles. The van der Waals surface area contributed by atoms with E-state index in [9.17, 15) is 0 Å². The number of halogens is 8. The van der Waals surface area contributed by atoms with Gasteiger partial charge in [-0.25, -0.2) is 9.13 Å². The minimum absolute atomic E-state index is 0.240. The van der Waals surface area contributed by atoms with E-state index in [0.29, 0.717) is 34.0 Å². The molecule has 4 aromatic heterocycles. The number of thiophene rings is 2. The second-order valence-corrected chi connectivity index (χ2v) is 16.7. The number of rotatable bonds is 8. The Balaban J connectivity index is 1.24. The van der Waals surface area contributed by atoms with Crippen LogP contribution in [-0.2, 0) is 13.1 Å². The molecule has 2 nitrogen and oxygen atoms in total. The van der Waals surface area contributed by atoms with Crippen LogP contribution in [0.3, 0.4) is 0 Å². The minimum atomic E-state index is -5.63. The van der Waals surface area contributed by atoms with E-state index in [-0.39, 0.29) is 20.9 Å². The number of pyridine rings is 2. The highest BCUT2D eigenvalue weighted by Gasteiger charge is 2.80. The third-order valence-electron chi connectivity index (χ3n) is 8.95. The van der Waals surface area contributed by atoms with Gasteiger partial charge in [0.2, 0.25) is 0 Å². The number of allylic oxidation sites excluding steroid dienone is 2. The van der Waals surface area contributed by atoms with Crippen LogP contribution in [0.5, 0.6) is 0 Å². The first-order valence-corrected chi connectivity index (χ1v) is 19.0. The molecule has 0 amide bonds. The van der Waals surface area contributed by atoms with E-state index < -0.39 is 28.9 Å². The van der Waals surface area contributed by atoms with Gasteiger partial charge in [0.25, 0.3) is 0 Å². The first kappa shape index (κ1) is 35.8. The fourth-order valence-electron chi connectivity index (χ4n) is 6.23. The average Bonchev–Trinajstić information content (AvgIpc) is 3.70. The summed E-state index contributed by atoms with van der Waals surface area (Å²) in [4.78, 5) is 1.48. The largest absolute Gasteiger partial charge is 0.380 e. The summed E-state index contributed by atoms with van der Waals surface area (Å²) in [5.74, 6) is -15.9. The number of hydrogen-bond acceptors (Lipinski definition) is 2. The molecule has 1 aliphatic rings. The van der Waals surface area contributed by atoms with Gasteiger partial charge in [0.05, 0.1) is 0 Å². The second-order valence-electron chi connectivity index (χ2n) is 12.4. The molecule has 0 fully saturated rings. The number of alkyl halides is 6. The third-order valence-corrected chi connectivity index (χ3v) is 12.2. The van der Waals surface area contributed by atoms with Crippen LogP contribution < -0.4 is 9.13 Å². The number of nitrogens with zero attached hydrogens (tertiary/aromatic N) is 2. The molecule has 0 bridgehead atoms. The number of benzene rings is 2. The van der Waals surface area contributed by atoms with E-state index in [2.05, 4.69) is 31.9 Å². The quantitative estimate of drug-likeness (QED) is 0.106. The standard InChI is InChI=1S/C39H28Br2F6N2S2/c1-23-31(19-33(50-23)27-11-15-48(16-12-27)21-25-3-7-29(40)8-4-25)35-36(38(44,45)39(46,47)37(35,42)43)32-20-34(51-24(32)2)28-13-17-49(18-14-28)22-26-5-9-30(41)10-6-26/h3-20H,21-22H2,1-2H3/q+2. The Morgan fingerprint density at radius 2 is 0.863 bits per heavy atom. The predicted octanol–water partition coefficient (Wildman–Crippen LogP) is 11.8. The van der Waals surface area contributed by atoms with Gasteiger partial charge in [0, 0.05) is 86.1 Å². The topological polar surface area (TPSA) is 7.76 Å². The summed E-state index contributed by atoms with van der Waals surface area (Å²) in [6, 6.07) is 25.5. The molecule has 0 saturated carbocycles. The highest BCUT2D eigenvalue weighted by atomic mass is 79.9. The lowest BCUT2D eigenvalue weighted by Crippen LogP contribution is -2.48. The second kappa shape index (κ2) is 13.4. The molecule has 2 aromatic carbocycles. The molecule has 7 rings (SSSR count). The first-order chi connectivity index (χ1) is 24.2. The lowest BCUT2D eigenvalue weighted by atomic mass is 9.94. The van der Waals surface area contributed by atoms with Crippen LogP contribution in [0, 0.1) is 13.8 Å². The number of aryl methyl sites for hydroxylation is 2. The summed E-state index contributed by atoms with van der Waals surface area (Å²) in [6.45, 7) is 4.17. The molecular formula is C39H28Br2F6N2S2+2. The van der Waals surface area contributed by atoms with Gasteiger partial charge in [0.15, 0.2) is 37.9 Å². The van der Waals surface area contributed by atoms with Crippen LogP contribution in [-0.4, -0.2) is 17.8 Å². The van der Waals surface area contributed by atoms with Gasteiger partial charge in [0.1, 0.15) is 0 Å². The molecule has 6 aromatic rings. The van der Waals surface area contributed by atoms with E-state index in [4.69, 9.17) is 0 Å². The van der Waals surface area contributed by atoms with Crippen molar-refractivity contribution in [1.82, 2.24) is 0 Å². The summed E-state index contributed by atoms with van der Waals surface area (Å²) in [5, 5.41) is 0. The van der Waals surface area contributed by atoms with E-state index >= 15 is 26.3 Å². The molecule has 0 aliphatic heterocycles. The van der Waals surface area contributed by atoms with Crippen molar-refractivity contribution >= 4 is 65.7 Å². The van der Waals surface area contributed by atoms with E-state index in [0.717, 1.165) is 42.7 Å². The highest BCUT2D eigenvalue weighted by Crippen LogP contribution is 2.66. The van der Waals surface area contributed by atoms with Crippen molar-refractivity contribution in [3.05, 3.63) is 151 Å². The van der Waals surface area contributed by atoms with Crippen LogP contribution in [0.15, 0.2) is 119 Å². The average molecular weight is 863 g/mol. The SMILES string of the molecule is Cc1sc(-c2cc[n+](Cc3ccc(Br)cc3)cc2)cc1C1=C(c2cc(-c3cc[n+](Cc4ccc(Br)cc4)cc3)sc2C)C(F)(F)C(F)(F)C1(F)F. The Bertz CT molecular complexity index is 2100. The summed E-state index contributed by atoms with van der Waals surface area (Å²) in [6.07, 6.45) is 7.30. The summed E-state index contributed by atoms with van der Waals surface area (Å²) in [7, 11) is 0. The van der Waals surface area contributed by atoms with Gasteiger partial charge in [-0.2, -0.15) is 26.3 Å². The van der Waals surface area contributed by atoms with Gasteiger partial charge in [-0.05, 0) is 61.4 Å². The van der Waals surface area contributed by atoms with Crippen LogP contribution in [0.25, 0.3) is 32.0 Å². The van der Waals surface area contributed by atoms with Crippen molar-refractivity contribution in [2.75, 3.05) is 0 Å². The molecule has 0 spiro atoms. The Kier molecular flexibility index (Phi) is 9.43. The van der Waals surface area contributed by atoms with Crippen LogP contribution in [0.2, 0.25) is 0 Å². The van der Waals surface area contributed by atoms with Crippen molar-refractivity contribution in [3.63, 3.8) is 0 Å². The lowest BCUT2D eigenvalue weighted by molar-refractivity contribution is -0.688. The fourth-order valence-corrected chi connectivity index (χ4v) is 8.82. The summed E-state index contributed by atoms with van der Waals surface area (Å²) >= 11 is 9.04. The molecular weight excluding hydrogens is 834 g/mol. The smallest absolute Gasteiger partial charge is 0.201 e.